The first kappa shape index (κ1) is 13.9. The lowest BCUT2D eigenvalue weighted by Gasteiger charge is -2.09. The number of aromatic hydroxyl groups is 1. The number of nitriles is 1. The largest absolute Gasteiger partial charge is 0.506 e. The molecule has 0 aliphatic heterocycles. The van der Waals surface area contributed by atoms with E-state index in [0.717, 1.165) is 5.56 Å². The molecule has 4 nitrogen and oxygen atoms in total. The number of carbonyl (C=O) groups is 1. The fraction of sp³-hybridized carbons (Fsp3) is 0.0667. The highest BCUT2D eigenvalue weighted by Gasteiger charge is 2.12. The van der Waals surface area contributed by atoms with Crippen LogP contribution in [0.2, 0.25) is 5.02 Å². The van der Waals surface area contributed by atoms with Crippen LogP contribution in [0.4, 0.5) is 5.69 Å². The summed E-state index contributed by atoms with van der Waals surface area (Å²) in [4.78, 5) is 12.1. The molecule has 5 heteroatoms. The number of amides is 1. The lowest BCUT2D eigenvalue weighted by molar-refractivity contribution is 0.102. The number of hydrogen-bond donors (Lipinski definition) is 2. The van der Waals surface area contributed by atoms with E-state index in [1.54, 1.807) is 25.1 Å². The Balaban J connectivity index is 2.31. The predicted molar refractivity (Wildman–Crippen MR) is 77.0 cm³/mol. The molecule has 0 aliphatic carbocycles. The molecule has 0 atom stereocenters. The maximum absolute atomic E-state index is 12.1. The molecule has 0 saturated heterocycles. The monoisotopic (exact) mass is 286 g/mol. The molecule has 0 fully saturated rings. The maximum atomic E-state index is 12.1. The standard InChI is InChI=1S/C15H11ClN2O2/c1-9-3-2-4-13(11(9)8-17)18-15(20)10-5-6-14(19)12(16)7-10/h2-7,19H,1H3,(H,18,20). The Morgan fingerprint density at radius 3 is 2.75 bits per heavy atom. The van der Waals surface area contributed by atoms with Crippen molar-refractivity contribution in [2.24, 2.45) is 0 Å². The summed E-state index contributed by atoms with van der Waals surface area (Å²) in [5.74, 6) is -0.481. The minimum absolute atomic E-state index is 0.0866. The number of carbonyl (C=O) groups excluding carboxylic acids is 1. The van der Waals surface area contributed by atoms with Crippen LogP contribution in [0, 0.1) is 18.3 Å². The Hall–Kier alpha value is -2.51. The molecule has 0 spiro atoms. The van der Waals surface area contributed by atoms with E-state index in [1.165, 1.54) is 18.2 Å². The fourth-order valence-electron chi connectivity index (χ4n) is 1.76. The van der Waals surface area contributed by atoms with E-state index >= 15 is 0 Å². The van der Waals surface area contributed by atoms with Crippen molar-refractivity contribution in [3.8, 4) is 11.8 Å². The zero-order valence-corrected chi connectivity index (χ0v) is 11.4. The van der Waals surface area contributed by atoms with Gasteiger partial charge in [0.15, 0.2) is 0 Å². The van der Waals surface area contributed by atoms with Gasteiger partial charge in [0.2, 0.25) is 0 Å². The number of nitrogens with one attached hydrogen (secondary N) is 1. The summed E-state index contributed by atoms with van der Waals surface area (Å²) in [6, 6.07) is 11.4. The van der Waals surface area contributed by atoms with Crippen LogP contribution in [0.25, 0.3) is 0 Å². The lowest BCUT2D eigenvalue weighted by Crippen LogP contribution is -2.13. The number of halogens is 1. The van der Waals surface area contributed by atoms with Crippen molar-refractivity contribution in [2.45, 2.75) is 6.92 Å². The van der Waals surface area contributed by atoms with E-state index < -0.39 is 5.91 Å². The van der Waals surface area contributed by atoms with Crippen LogP contribution in [-0.2, 0) is 0 Å². The molecule has 0 unspecified atom stereocenters. The number of rotatable bonds is 2. The van der Waals surface area contributed by atoms with Crippen LogP contribution in [0.5, 0.6) is 5.75 Å². The summed E-state index contributed by atoms with van der Waals surface area (Å²) in [7, 11) is 0. The molecular weight excluding hydrogens is 276 g/mol. The van der Waals surface area contributed by atoms with E-state index in [2.05, 4.69) is 11.4 Å². The highest BCUT2D eigenvalue weighted by molar-refractivity contribution is 6.32. The van der Waals surface area contributed by atoms with Gasteiger partial charge in [0.05, 0.1) is 16.3 Å². The molecule has 100 valence electrons. The molecule has 0 heterocycles. The van der Waals surface area contributed by atoms with Gasteiger partial charge in [-0.25, -0.2) is 0 Å². The quantitative estimate of drug-likeness (QED) is 0.887. The molecule has 2 rings (SSSR count). The summed E-state index contributed by atoms with van der Waals surface area (Å²) in [6.07, 6.45) is 0. The average molecular weight is 287 g/mol. The molecule has 2 aromatic rings. The minimum atomic E-state index is -0.394. The molecule has 2 aromatic carbocycles. The first-order chi connectivity index (χ1) is 9.52. The van der Waals surface area contributed by atoms with Gasteiger partial charge in [-0.1, -0.05) is 23.7 Å². The van der Waals surface area contributed by atoms with Crippen LogP contribution in [0.15, 0.2) is 36.4 Å². The summed E-state index contributed by atoms with van der Waals surface area (Å²) in [5, 5.41) is 21.2. The van der Waals surface area contributed by atoms with E-state index in [4.69, 9.17) is 16.9 Å². The van der Waals surface area contributed by atoms with E-state index in [9.17, 15) is 9.90 Å². The molecular formula is C15H11ClN2O2. The zero-order chi connectivity index (χ0) is 14.7. The average Bonchev–Trinajstić information content (AvgIpc) is 2.42. The van der Waals surface area contributed by atoms with Gasteiger partial charge in [0, 0.05) is 5.56 Å². The van der Waals surface area contributed by atoms with Gasteiger partial charge in [0.25, 0.3) is 5.91 Å². The first-order valence-corrected chi connectivity index (χ1v) is 6.20. The third-order valence-corrected chi connectivity index (χ3v) is 3.15. The van der Waals surface area contributed by atoms with Gasteiger partial charge >= 0.3 is 0 Å². The smallest absolute Gasteiger partial charge is 0.255 e. The Morgan fingerprint density at radius 1 is 1.35 bits per heavy atom. The Morgan fingerprint density at radius 2 is 2.10 bits per heavy atom. The van der Waals surface area contributed by atoms with Gasteiger partial charge in [-0.2, -0.15) is 5.26 Å². The fourth-order valence-corrected chi connectivity index (χ4v) is 1.94. The number of aryl methyl sites for hydroxylation is 1. The molecule has 0 radical (unpaired) electrons. The first-order valence-electron chi connectivity index (χ1n) is 5.82. The predicted octanol–water partition coefficient (Wildman–Crippen LogP) is 3.48. The number of benzene rings is 2. The van der Waals surface area contributed by atoms with E-state index in [0.29, 0.717) is 16.8 Å². The van der Waals surface area contributed by atoms with Crippen molar-refractivity contribution in [3.63, 3.8) is 0 Å². The van der Waals surface area contributed by atoms with Crippen molar-refractivity contribution in [2.75, 3.05) is 5.32 Å². The summed E-state index contributed by atoms with van der Waals surface area (Å²) in [5.41, 5.74) is 1.96. The Bertz CT molecular complexity index is 720. The summed E-state index contributed by atoms with van der Waals surface area (Å²) >= 11 is 5.76. The second-order valence-corrected chi connectivity index (χ2v) is 4.64. The molecule has 0 saturated carbocycles. The number of phenols is 1. The van der Waals surface area contributed by atoms with E-state index in [1.807, 2.05) is 0 Å². The zero-order valence-electron chi connectivity index (χ0n) is 10.6. The normalized spacial score (nSPS) is 9.85. The van der Waals surface area contributed by atoms with Crippen molar-refractivity contribution in [3.05, 3.63) is 58.1 Å². The van der Waals surface area contributed by atoms with E-state index in [-0.39, 0.29) is 10.8 Å². The SMILES string of the molecule is Cc1cccc(NC(=O)c2ccc(O)c(Cl)c2)c1C#N. The van der Waals surface area contributed by atoms with Crippen molar-refractivity contribution in [1.82, 2.24) is 0 Å². The van der Waals surface area contributed by atoms with Gasteiger partial charge in [-0.05, 0) is 36.8 Å². The number of anilines is 1. The second kappa shape index (κ2) is 5.64. The minimum Gasteiger partial charge on any atom is -0.506 e. The van der Waals surface area contributed by atoms with Crippen molar-refractivity contribution < 1.29 is 9.90 Å². The van der Waals surface area contributed by atoms with Crippen LogP contribution in [0.1, 0.15) is 21.5 Å². The van der Waals surface area contributed by atoms with Gasteiger partial charge < -0.3 is 10.4 Å². The number of hydrogen-bond acceptors (Lipinski definition) is 3. The molecule has 20 heavy (non-hydrogen) atoms. The third-order valence-electron chi connectivity index (χ3n) is 2.84. The highest BCUT2D eigenvalue weighted by Crippen LogP contribution is 2.25. The number of phenolic OH excluding ortho intramolecular Hbond substituents is 1. The topological polar surface area (TPSA) is 73.1 Å². The third kappa shape index (κ3) is 2.73. The molecule has 0 bridgehead atoms. The molecule has 0 aromatic heterocycles. The van der Waals surface area contributed by atoms with Crippen molar-refractivity contribution >= 4 is 23.2 Å². The van der Waals surface area contributed by atoms with Crippen molar-refractivity contribution in [1.29, 1.82) is 5.26 Å². The van der Waals surface area contributed by atoms with Gasteiger partial charge in [-0.15, -0.1) is 0 Å². The molecule has 0 aliphatic rings. The van der Waals surface area contributed by atoms with Gasteiger partial charge in [-0.3, -0.25) is 4.79 Å². The lowest BCUT2D eigenvalue weighted by atomic mass is 10.1. The Kier molecular flexibility index (Phi) is 3.92. The maximum Gasteiger partial charge on any atom is 0.255 e. The Labute approximate surface area is 121 Å². The summed E-state index contributed by atoms with van der Waals surface area (Å²) < 4.78 is 0. The van der Waals surface area contributed by atoms with Crippen LogP contribution in [-0.4, -0.2) is 11.0 Å². The number of nitrogens with zero attached hydrogens (tertiary/aromatic N) is 1. The second-order valence-electron chi connectivity index (χ2n) is 4.23. The summed E-state index contributed by atoms with van der Waals surface area (Å²) in [6.45, 7) is 1.80. The van der Waals surface area contributed by atoms with Crippen LogP contribution < -0.4 is 5.32 Å². The van der Waals surface area contributed by atoms with Crippen LogP contribution >= 0.6 is 11.6 Å². The molecule has 1 amide bonds. The van der Waals surface area contributed by atoms with Gasteiger partial charge in [0.1, 0.15) is 11.8 Å². The van der Waals surface area contributed by atoms with Crippen LogP contribution in [0.3, 0.4) is 0 Å². The highest BCUT2D eigenvalue weighted by atomic mass is 35.5. The molecule has 2 N–H and O–H groups in total.